The predicted molar refractivity (Wildman–Crippen MR) is 61.8 cm³/mol. The minimum absolute atomic E-state index is 0.321. The van der Waals surface area contributed by atoms with Crippen LogP contribution in [-0.4, -0.2) is 26.4 Å². The minimum Gasteiger partial charge on any atom is -0.490 e. The van der Waals surface area contributed by atoms with E-state index in [2.05, 4.69) is 19.3 Å². The van der Waals surface area contributed by atoms with Crippen molar-refractivity contribution in [2.24, 2.45) is 0 Å². The van der Waals surface area contributed by atoms with E-state index in [9.17, 15) is 0 Å². The first kappa shape index (κ1) is 11.1. The monoisotopic (exact) mass is 255 g/mol. The molecule has 2 aromatic heterocycles. The summed E-state index contributed by atoms with van der Waals surface area (Å²) in [5, 5.41) is 0.645. The fourth-order valence-electron chi connectivity index (χ4n) is 1.04. The molecule has 0 unspecified atom stereocenters. The third-order valence-electron chi connectivity index (χ3n) is 1.70. The van der Waals surface area contributed by atoms with Gasteiger partial charge in [0.05, 0.1) is 7.11 Å². The van der Waals surface area contributed by atoms with Gasteiger partial charge in [-0.15, -0.1) is 0 Å². The van der Waals surface area contributed by atoms with Gasteiger partial charge in [0.2, 0.25) is 0 Å². The van der Waals surface area contributed by atoms with Gasteiger partial charge in [-0.25, -0.2) is 15.0 Å². The molecule has 0 aliphatic carbocycles. The Morgan fingerprint density at radius 3 is 2.88 bits per heavy atom. The number of aromatic nitrogens is 4. The van der Waals surface area contributed by atoms with E-state index in [1.54, 1.807) is 0 Å². The first-order chi connectivity index (χ1) is 7.70. The summed E-state index contributed by atoms with van der Waals surface area (Å²) in [6.07, 6.45) is 1.40. The average Bonchev–Trinajstić information content (AvgIpc) is 2.64. The quantitative estimate of drug-likeness (QED) is 0.829. The van der Waals surface area contributed by atoms with Crippen LogP contribution in [0.15, 0.2) is 15.7 Å². The zero-order valence-electron chi connectivity index (χ0n) is 8.67. The van der Waals surface area contributed by atoms with E-state index in [4.69, 9.17) is 10.5 Å². The molecule has 2 N–H and O–H groups in total. The van der Waals surface area contributed by atoms with Crippen LogP contribution in [0.2, 0.25) is 0 Å². The number of nitrogen functional groups attached to an aromatic ring is 1. The lowest BCUT2D eigenvalue weighted by Gasteiger charge is -2.06. The Kier molecular flexibility index (Phi) is 3.20. The van der Waals surface area contributed by atoms with Crippen LogP contribution in [-0.2, 0) is 0 Å². The van der Waals surface area contributed by atoms with Crippen molar-refractivity contribution in [3.8, 4) is 5.75 Å². The molecule has 0 fully saturated rings. The number of rotatable bonds is 3. The maximum absolute atomic E-state index is 5.67. The van der Waals surface area contributed by atoms with E-state index in [0.717, 1.165) is 10.2 Å². The van der Waals surface area contributed by atoms with Crippen molar-refractivity contribution < 1.29 is 4.74 Å². The molecule has 0 aliphatic rings. The highest BCUT2D eigenvalue weighted by atomic mass is 32.2. The van der Waals surface area contributed by atoms with Gasteiger partial charge >= 0.3 is 0 Å². The summed E-state index contributed by atoms with van der Waals surface area (Å²) in [5.41, 5.74) is 5.67. The maximum Gasteiger partial charge on any atom is 0.193 e. The third kappa shape index (κ3) is 2.22. The Balaban J connectivity index is 2.30. The van der Waals surface area contributed by atoms with E-state index in [-0.39, 0.29) is 0 Å². The van der Waals surface area contributed by atoms with Crippen LogP contribution in [0.5, 0.6) is 5.75 Å². The van der Waals surface area contributed by atoms with Crippen LogP contribution < -0.4 is 10.5 Å². The summed E-state index contributed by atoms with van der Waals surface area (Å²) in [7, 11) is 1.53. The van der Waals surface area contributed by atoms with Gasteiger partial charge in [0.25, 0.3) is 0 Å². The minimum atomic E-state index is 0.321. The number of ether oxygens (including phenoxy) is 1. The molecule has 0 aromatic carbocycles. The van der Waals surface area contributed by atoms with E-state index < -0.39 is 0 Å². The Morgan fingerprint density at radius 2 is 2.25 bits per heavy atom. The summed E-state index contributed by atoms with van der Waals surface area (Å²) < 4.78 is 10.0. The number of aryl methyl sites for hydroxylation is 1. The second-order valence-corrected chi connectivity index (χ2v) is 4.79. The number of hydrogen-bond acceptors (Lipinski definition) is 8. The van der Waals surface area contributed by atoms with Crippen molar-refractivity contribution in [3.05, 3.63) is 12.2 Å². The highest BCUT2D eigenvalue weighted by Crippen LogP contribution is 2.35. The second kappa shape index (κ2) is 4.62. The van der Waals surface area contributed by atoms with Gasteiger partial charge in [-0.1, -0.05) is 0 Å². The van der Waals surface area contributed by atoms with Gasteiger partial charge in [-0.3, -0.25) is 0 Å². The highest BCUT2D eigenvalue weighted by molar-refractivity contribution is 8.01. The first-order valence-electron chi connectivity index (χ1n) is 4.33. The van der Waals surface area contributed by atoms with Crippen molar-refractivity contribution in [1.82, 2.24) is 19.3 Å². The van der Waals surface area contributed by atoms with Gasteiger partial charge in [-0.05, 0) is 30.2 Å². The molecule has 2 rings (SSSR count). The van der Waals surface area contributed by atoms with Gasteiger partial charge < -0.3 is 10.5 Å². The molecule has 2 aromatic rings. The molecule has 84 valence electrons. The standard InChI is InChI=1S/C8H9N5OS2/c1-4-12-8(16-13-4)15-7-5(14-2)6(9)10-3-11-7/h3H,1-2H3,(H2,9,10,11). The lowest BCUT2D eigenvalue weighted by atomic mass is 10.5. The molecule has 0 amide bonds. The molecule has 0 saturated carbocycles. The van der Waals surface area contributed by atoms with Crippen LogP contribution in [0.1, 0.15) is 5.82 Å². The molecule has 0 bridgehead atoms. The molecular formula is C8H9N5OS2. The molecule has 0 aliphatic heterocycles. The summed E-state index contributed by atoms with van der Waals surface area (Å²) >= 11 is 2.68. The molecule has 6 nitrogen and oxygen atoms in total. The van der Waals surface area contributed by atoms with Crippen molar-refractivity contribution in [2.75, 3.05) is 12.8 Å². The summed E-state index contributed by atoms with van der Waals surface area (Å²) in [4.78, 5) is 12.2. The number of anilines is 1. The molecule has 0 saturated heterocycles. The largest absolute Gasteiger partial charge is 0.490 e. The summed E-state index contributed by atoms with van der Waals surface area (Å²) in [6.45, 7) is 1.84. The summed E-state index contributed by atoms with van der Waals surface area (Å²) in [6, 6.07) is 0. The molecule has 0 spiro atoms. The fraction of sp³-hybridized carbons (Fsp3) is 0.250. The SMILES string of the molecule is COc1c(N)ncnc1Sc1nc(C)ns1. The summed E-state index contributed by atoms with van der Waals surface area (Å²) in [5.74, 6) is 1.54. The number of nitrogens with two attached hydrogens (primary N) is 1. The number of methoxy groups -OCH3 is 1. The van der Waals surface area contributed by atoms with E-state index >= 15 is 0 Å². The van der Waals surface area contributed by atoms with Crippen LogP contribution in [0, 0.1) is 6.92 Å². The average molecular weight is 255 g/mol. The zero-order chi connectivity index (χ0) is 11.5. The highest BCUT2D eigenvalue weighted by Gasteiger charge is 2.13. The normalized spacial score (nSPS) is 10.4. The molecule has 16 heavy (non-hydrogen) atoms. The van der Waals surface area contributed by atoms with Crippen LogP contribution >= 0.6 is 23.3 Å². The van der Waals surface area contributed by atoms with E-state index in [1.165, 1.54) is 36.7 Å². The fourth-order valence-corrected chi connectivity index (χ4v) is 2.68. The van der Waals surface area contributed by atoms with Crippen LogP contribution in [0.25, 0.3) is 0 Å². The predicted octanol–water partition coefficient (Wildman–Crippen LogP) is 1.38. The van der Waals surface area contributed by atoms with Crippen molar-refractivity contribution in [2.45, 2.75) is 16.3 Å². The number of nitrogens with zero attached hydrogens (tertiary/aromatic N) is 4. The van der Waals surface area contributed by atoms with Gasteiger partial charge in [0.1, 0.15) is 12.2 Å². The Labute approximate surface area is 100 Å². The van der Waals surface area contributed by atoms with Crippen LogP contribution in [0.4, 0.5) is 5.82 Å². The zero-order valence-corrected chi connectivity index (χ0v) is 10.3. The van der Waals surface area contributed by atoms with Crippen molar-refractivity contribution in [1.29, 1.82) is 0 Å². The van der Waals surface area contributed by atoms with Gasteiger partial charge in [0, 0.05) is 0 Å². The van der Waals surface area contributed by atoms with Crippen molar-refractivity contribution in [3.63, 3.8) is 0 Å². The Morgan fingerprint density at radius 1 is 1.44 bits per heavy atom. The third-order valence-corrected chi connectivity index (χ3v) is 3.52. The van der Waals surface area contributed by atoms with Crippen molar-refractivity contribution >= 4 is 29.1 Å². The molecular weight excluding hydrogens is 246 g/mol. The van der Waals surface area contributed by atoms with Gasteiger partial charge in [0.15, 0.2) is 20.9 Å². The lowest BCUT2D eigenvalue weighted by Crippen LogP contribution is -1.98. The molecule has 0 radical (unpaired) electrons. The van der Waals surface area contributed by atoms with Gasteiger partial charge in [-0.2, -0.15) is 4.37 Å². The first-order valence-corrected chi connectivity index (χ1v) is 5.92. The van der Waals surface area contributed by atoms with E-state index in [0.29, 0.717) is 16.6 Å². The number of hydrogen-bond donors (Lipinski definition) is 1. The maximum atomic E-state index is 5.67. The Bertz CT molecular complexity index is 501. The lowest BCUT2D eigenvalue weighted by molar-refractivity contribution is 0.401. The smallest absolute Gasteiger partial charge is 0.193 e. The second-order valence-electron chi connectivity index (χ2n) is 2.81. The topological polar surface area (TPSA) is 86.8 Å². The van der Waals surface area contributed by atoms with Crippen LogP contribution in [0.3, 0.4) is 0 Å². The molecule has 0 atom stereocenters. The Hall–Kier alpha value is -1.41. The van der Waals surface area contributed by atoms with E-state index in [1.807, 2.05) is 6.92 Å². The molecule has 2 heterocycles. The molecule has 8 heteroatoms.